The Morgan fingerprint density at radius 3 is 1.00 bits per heavy atom. The van der Waals surface area contributed by atoms with E-state index in [9.17, 15) is 0 Å². The molecule has 0 N–H and O–H groups in total. The van der Waals surface area contributed by atoms with Crippen molar-refractivity contribution in [3.8, 4) is 0 Å². The zero-order valence-electron chi connectivity index (χ0n) is 19.0. The van der Waals surface area contributed by atoms with Crippen molar-refractivity contribution in [2.45, 2.75) is 100 Å². The van der Waals surface area contributed by atoms with Gasteiger partial charge in [0, 0.05) is 50.7 Å². The van der Waals surface area contributed by atoms with Gasteiger partial charge < -0.3 is 26.6 Å². The van der Waals surface area contributed by atoms with Gasteiger partial charge in [-0.25, -0.2) is 0 Å². The Kier molecular flexibility index (Phi) is 16.6. The maximum atomic E-state index is 5.75. The zero-order valence-corrected chi connectivity index (χ0v) is 21.0. The summed E-state index contributed by atoms with van der Waals surface area (Å²) in [6, 6.07) is 0.850. The van der Waals surface area contributed by atoms with Crippen LogP contribution in [-0.2, 0) is 26.6 Å². The average Bonchev–Trinajstić information content (AvgIpc) is 2.45. The lowest BCUT2D eigenvalue weighted by Gasteiger charge is -2.31. The summed E-state index contributed by atoms with van der Waals surface area (Å²) in [5.41, 5.74) is 0. The molecule has 0 radical (unpaired) electrons. The van der Waals surface area contributed by atoms with E-state index >= 15 is 0 Å². The Labute approximate surface area is 164 Å². The van der Waals surface area contributed by atoms with Gasteiger partial charge in [0.05, 0.1) is 0 Å². The van der Waals surface area contributed by atoms with Gasteiger partial charge in [0.25, 0.3) is 0 Å². The molecule has 0 spiro atoms. The molecule has 0 aromatic rings. The zero-order chi connectivity index (χ0) is 20.8. The van der Waals surface area contributed by atoms with Gasteiger partial charge in [0.2, 0.25) is 0 Å². The highest BCUT2D eigenvalue weighted by Gasteiger charge is 2.38. The summed E-state index contributed by atoms with van der Waals surface area (Å²) in [4.78, 5) is 0. The predicted molar refractivity (Wildman–Crippen MR) is 111 cm³/mol. The van der Waals surface area contributed by atoms with E-state index in [1.54, 1.807) is 0 Å². The van der Waals surface area contributed by atoms with Crippen LogP contribution in [0.25, 0.3) is 0 Å². The first-order valence-corrected chi connectivity index (χ1v) is 14.1. The smallest absolute Gasteiger partial charge is 0.374 e. The van der Waals surface area contributed by atoms with Crippen molar-refractivity contribution in [2.75, 3.05) is 19.8 Å². The van der Waals surface area contributed by atoms with Crippen LogP contribution in [0.4, 0.5) is 0 Å². The van der Waals surface area contributed by atoms with Crippen LogP contribution in [0.3, 0.4) is 0 Å². The molecule has 0 unspecified atom stereocenters. The first-order valence-electron chi connectivity index (χ1n) is 9.94. The lowest BCUT2D eigenvalue weighted by Crippen LogP contribution is -2.47. The molecule has 0 fully saturated rings. The molecule has 6 nitrogen and oxygen atoms in total. The van der Waals surface area contributed by atoms with E-state index in [4.69, 9.17) is 26.6 Å². The van der Waals surface area contributed by atoms with Gasteiger partial charge >= 0.3 is 17.6 Å². The van der Waals surface area contributed by atoms with Gasteiger partial charge in [-0.3, -0.25) is 0 Å². The highest BCUT2D eigenvalue weighted by Crippen LogP contribution is 2.17. The highest BCUT2D eigenvalue weighted by molar-refractivity contribution is 6.60. The molecule has 0 rings (SSSR count). The molecular formula is C18H44O6Si2. The maximum Gasteiger partial charge on any atom is 0.500 e. The SMILES string of the molecule is CC(C)O[Si](C)(OC(C)C)OC(C)C.CCO[Si](CC)(OCC)OCC. The third-order valence-electron chi connectivity index (χ3n) is 2.88. The molecule has 160 valence electrons. The number of rotatable bonds is 13. The van der Waals surface area contributed by atoms with Crippen molar-refractivity contribution < 1.29 is 26.6 Å². The van der Waals surface area contributed by atoms with Gasteiger partial charge in [-0.2, -0.15) is 0 Å². The molecule has 8 heteroatoms. The van der Waals surface area contributed by atoms with Crippen LogP contribution in [0.5, 0.6) is 0 Å². The van der Waals surface area contributed by atoms with Gasteiger partial charge in [0.1, 0.15) is 0 Å². The fraction of sp³-hybridized carbons (Fsp3) is 1.00. The number of hydrogen-bond donors (Lipinski definition) is 0. The van der Waals surface area contributed by atoms with E-state index in [2.05, 4.69) is 0 Å². The van der Waals surface area contributed by atoms with Crippen molar-refractivity contribution in [1.29, 1.82) is 0 Å². The Balaban J connectivity index is 0. The first-order chi connectivity index (χ1) is 12.0. The van der Waals surface area contributed by atoms with Gasteiger partial charge in [-0.05, 0) is 62.3 Å². The van der Waals surface area contributed by atoms with E-state index < -0.39 is 17.6 Å². The Morgan fingerprint density at radius 1 is 0.577 bits per heavy atom. The molecular weight excluding hydrogens is 368 g/mol. The molecule has 0 aliphatic heterocycles. The molecule has 0 aromatic heterocycles. The Bertz CT molecular complexity index is 283. The fourth-order valence-electron chi connectivity index (χ4n) is 2.46. The van der Waals surface area contributed by atoms with Crippen LogP contribution in [0.15, 0.2) is 0 Å². The molecule has 26 heavy (non-hydrogen) atoms. The van der Waals surface area contributed by atoms with Gasteiger partial charge in [0.15, 0.2) is 0 Å². The standard InChI is InChI=1S/C10H24O3Si.C8H20O3Si/c1-8(2)11-14(7,12-9(3)4)13-10(5)6;1-5-9-12(8-4,10-6-2)11-7-3/h8-10H,1-7H3;5-8H2,1-4H3. The van der Waals surface area contributed by atoms with Crippen LogP contribution in [-0.4, -0.2) is 55.7 Å². The monoisotopic (exact) mass is 412 g/mol. The quantitative estimate of drug-likeness (QED) is 0.402. The third-order valence-corrected chi connectivity index (χ3v) is 8.63. The molecule has 0 aliphatic carbocycles. The largest absolute Gasteiger partial charge is 0.500 e. The molecule has 0 saturated carbocycles. The summed E-state index contributed by atoms with van der Waals surface area (Å²) in [5, 5.41) is 0. The molecule has 0 heterocycles. The van der Waals surface area contributed by atoms with Crippen molar-refractivity contribution in [2.24, 2.45) is 0 Å². The lowest BCUT2D eigenvalue weighted by molar-refractivity contribution is 0.00884. The van der Waals surface area contributed by atoms with E-state index in [0.29, 0.717) is 19.8 Å². The van der Waals surface area contributed by atoms with Crippen LogP contribution in [0, 0.1) is 0 Å². The second-order valence-electron chi connectivity index (χ2n) is 6.70. The summed E-state index contributed by atoms with van der Waals surface area (Å²) >= 11 is 0. The molecule has 0 aliphatic rings. The van der Waals surface area contributed by atoms with Crippen molar-refractivity contribution >= 4 is 17.6 Å². The van der Waals surface area contributed by atoms with Gasteiger partial charge in [-0.15, -0.1) is 0 Å². The highest BCUT2D eigenvalue weighted by atomic mass is 28.4. The van der Waals surface area contributed by atoms with E-state index in [0.717, 1.165) is 6.04 Å². The van der Waals surface area contributed by atoms with Crippen LogP contribution < -0.4 is 0 Å². The van der Waals surface area contributed by atoms with E-state index in [1.807, 2.05) is 75.8 Å². The molecule has 0 saturated heterocycles. The minimum Gasteiger partial charge on any atom is -0.374 e. The molecule has 0 atom stereocenters. The molecule has 0 aromatic carbocycles. The van der Waals surface area contributed by atoms with Crippen LogP contribution >= 0.6 is 0 Å². The Morgan fingerprint density at radius 2 is 0.846 bits per heavy atom. The summed E-state index contributed by atoms with van der Waals surface area (Å²) in [6.07, 6.45) is 0.428. The van der Waals surface area contributed by atoms with Crippen LogP contribution in [0.2, 0.25) is 12.6 Å². The summed E-state index contributed by atoms with van der Waals surface area (Å²) < 4.78 is 33.9. The van der Waals surface area contributed by atoms with Crippen molar-refractivity contribution in [1.82, 2.24) is 0 Å². The normalized spacial score (nSPS) is 12.7. The maximum absolute atomic E-state index is 5.75. The van der Waals surface area contributed by atoms with Gasteiger partial charge in [-0.1, -0.05) is 6.92 Å². The Hall–Kier alpha value is 0.194. The third kappa shape index (κ3) is 14.3. The van der Waals surface area contributed by atoms with E-state index in [-0.39, 0.29) is 18.3 Å². The minimum absolute atomic E-state index is 0.143. The summed E-state index contributed by atoms with van der Waals surface area (Å²) in [7, 11) is -4.71. The second-order valence-corrected chi connectivity index (χ2v) is 12.1. The van der Waals surface area contributed by atoms with Crippen LogP contribution in [0.1, 0.15) is 69.2 Å². The second kappa shape index (κ2) is 15.2. The molecule has 0 bridgehead atoms. The predicted octanol–water partition coefficient (Wildman–Crippen LogP) is 4.88. The van der Waals surface area contributed by atoms with Crippen molar-refractivity contribution in [3.05, 3.63) is 0 Å². The van der Waals surface area contributed by atoms with Crippen molar-refractivity contribution in [3.63, 3.8) is 0 Å². The summed E-state index contributed by atoms with van der Waals surface area (Å²) in [5.74, 6) is 0. The topological polar surface area (TPSA) is 55.4 Å². The minimum atomic E-state index is -2.44. The average molecular weight is 413 g/mol. The molecule has 0 amide bonds. The lowest BCUT2D eigenvalue weighted by atomic mass is 10.5. The van der Waals surface area contributed by atoms with E-state index in [1.165, 1.54) is 0 Å². The fourth-order valence-corrected chi connectivity index (χ4v) is 7.38. The number of hydrogen-bond acceptors (Lipinski definition) is 6. The summed E-state index contributed by atoms with van der Waals surface area (Å²) in [6.45, 7) is 23.9. The first kappa shape index (κ1) is 28.4.